The highest BCUT2D eigenvalue weighted by atomic mass is 16.3. The van der Waals surface area contributed by atoms with Crippen molar-refractivity contribution in [1.29, 1.82) is 0 Å². The first kappa shape index (κ1) is 14.0. The van der Waals surface area contributed by atoms with Gasteiger partial charge in [0, 0.05) is 24.7 Å². The molecule has 1 N–H and O–H groups in total. The largest absolute Gasteiger partial charge is 0.465 e. The van der Waals surface area contributed by atoms with Crippen molar-refractivity contribution in [3.63, 3.8) is 0 Å². The minimum atomic E-state index is 0.509. The van der Waals surface area contributed by atoms with Crippen LogP contribution in [0.25, 0.3) is 0 Å². The standard InChI is InChI=1S/C14H24N2O/c1-6-7-16(11(2)3)10-13-8-14(9-15-5)17-12(13)4/h6,8,11,15H,1,7,9-10H2,2-5H3. The molecular weight excluding hydrogens is 212 g/mol. The van der Waals surface area contributed by atoms with E-state index in [0.717, 1.165) is 31.2 Å². The molecule has 1 rings (SSSR count). The Hall–Kier alpha value is -1.06. The molecule has 96 valence electrons. The summed E-state index contributed by atoms with van der Waals surface area (Å²) in [5, 5.41) is 3.10. The van der Waals surface area contributed by atoms with Crippen LogP contribution in [-0.2, 0) is 13.1 Å². The van der Waals surface area contributed by atoms with Gasteiger partial charge in [0.15, 0.2) is 0 Å². The van der Waals surface area contributed by atoms with Crippen LogP contribution in [0.3, 0.4) is 0 Å². The first-order valence-corrected chi connectivity index (χ1v) is 6.16. The fourth-order valence-electron chi connectivity index (χ4n) is 1.85. The van der Waals surface area contributed by atoms with Gasteiger partial charge in [-0.15, -0.1) is 6.58 Å². The van der Waals surface area contributed by atoms with Crippen LogP contribution in [0.1, 0.15) is 30.9 Å². The summed E-state index contributed by atoms with van der Waals surface area (Å²) in [4.78, 5) is 2.37. The fourth-order valence-corrected chi connectivity index (χ4v) is 1.85. The Balaban J connectivity index is 2.74. The Bertz CT molecular complexity index is 355. The summed E-state index contributed by atoms with van der Waals surface area (Å²) in [7, 11) is 1.93. The Morgan fingerprint density at radius 3 is 2.76 bits per heavy atom. The lowest BCUT2D eigenvalue weighted by molar-refractivity contribution is 0.236. The first-order chi connectivity index (χ1) is 8.08. The van der Waals surface area contributed by atoms with E-state index in [0.29, 0.717) is 6.04 Å². The second-order valence-corrected chi connectivity index (χ2v) is 4.64. The summed E-state index contributed by atoms with van der Waals surface area (Å²) in [6.07, 6.45) is 1.95. The number of furan rings is 1. The van der Waals surface area contributed by atoms with Gasteiger partial charge >= 0.3 is 0 Å². The van der Waals surface area contributed by atoms with E-state index in [4.69, 9.17) is 4.42 Å². The fraction of sp³-hybridized carbons (Fsp3) is 0.571. The Kier molecular flexibility index (Phi) is 5.45. The average Bonchev–Trinajstić information content (AvgIpc) is 2.59. The van der Waals surface area contributed by atoms with E-state index < -0.39 is 0 Å². The van der Waals surface area contributed by atoms with Crippen LogP contribution >= 0.6 is 0 Å². The Labute approximate surface area is 104 Å². The normalized spacial score (nSPS) is 11.4. The van der Waals surface area contributed by atoms with E-state index >= 15 is 0 Å². The molecule has 0 aliphatic carbocycles. The molecule has 1 heterocycles. The van der Waals surface area contributed by atoms with Crippen molar-refractivity contribution in [2.45, 2.75) is 39.9 Å². The van der Waals surface area contributed by atoms with Crippen molar-refractivity contribution < 1.29 is 4.42 Å². The first-order valence-electron chi connectivity index (χ1n) is 6.16. The van der Waals surface area contributed by atoms with E-state index in [1.165, 1.54) is 5.56 Å². The van der Waals surface area contributed by atoms with Gasteiger partial charge in [-0.2, -0.15) is 0 Å². The molecule has 0 spiro atoms. The average molecular weight is 236 g/mol. The van der Waals surface area contributed by atoms with Crippen molar-refractivity contribution in [3.05, 3.63) is 35.8 Å². The highest BCUT2D eigenvalue weighted by Crippen LogP contribution is 2.17. The number of nitrogens with zero attached hydrogens (tertiary/aromatic N) is 1. The van der Waals surface area contributed by atoms with Crippen molar-refractivity contribution >= 4 is 0 Å². The molecule has 0 atom stereocenters. The lowest BCUT2D eigenvalue weighted by atomic mass is 10.2. The maximum Gasteiger partial charge on any atom is 0.118 e. The topological polar surface area (TPSA) is 28.4 Å². The molecule has 0 aliphatic rings. The van der Waals surface area contributed by atoms with Crippen LogP contribution in [0.4, 0.5) is 0 Å². The molecule has 0 aliphatic heterocycles. The third kappa shape index (κ3) is 4.02. The van der Waals surface area contributed by atoms with Crippen LogP contribution in [0.15, 0.2) is 23.1 Å². The van der Waals surface area contributed by atoms with Gasteiger partial charge in [-0.3, -0.25) is 4.90 Å². The van der Waals surface area contributed by atoms with Gasteiger partial charge in [0.05, 0.1) is 6.54 Å². The zero-order valence-corrected chi connectivity index (χ0v) is 11.4. The van der Waals surface area contributed by atoms with Gasteiger partial charge in [0.1, 0.15) is 11.5 Å². The van der Waals surface area contributed by atoms with Crippen molar-refractivity contribution in [1.82, 2.24) is 10.2 Å². The third-order valence-electron chi connectivity index (χ3n) is 2.89. The molecule has 3 nitrogen and oxygen atoms in total. The van der Waals surface area contributed by atoms with Gasteiger partial charge in [0.2, 0.25) is 0 Å². The number of rotatable bonds is 7. The SMILES string of the molecule is C=CCN(Cc1cc(CNC)oc1C)C(C)C. The van der Waals surface area contributed by atoms with Gasteiger partial charge in [-0.1, -0.05) is 6.08 Å². The van der Waals surface area contributed by atoms with Crippen molar-refractivity contribution in [2.24, 2.45) is 0 Å². The quantitative estimate of drug-likeness (QED) is 0.738. The smallest absolute Gasteiger partial charge is 0.118 e. The highest BCUT2D eigenvalue weighted by molar-refractivity contribution is 5.21. The molecule has 1 aromatic rings. The predicted molar refractivity (Wildman–Crippen MR) is 72.0 cm³/mol. The maximum absolute atomic E-state index is 5.70. The number of hydrogen-bond donors (Lipinski definition) is 1. The van der Waals surface area contributed by atoms with Crippen molar-refractivity contribution in [2.75, 3.05) is 13.6 Å². The summed E-state index contributed by atoms with van der Waals surface area (Å²) in [5.41, 5.74) is 1.27. The Morgan fingerprint density at radius 2 is 2.24 bits per heavy atom. The van der Waals surface area contributed by atoms with Crippen molar-refractivity contribution in [3.8, 4) is 0 Å². The Morgan fingerprint density at radius 1 is 1.53 bits per heavy atom. The van der Waals surface area contributed by atoms with Crippen LogP contribution in [0.5, 0.6) is 0 Å². The second-order valence-electron chi connectivity index (χ2n) is 4.64. The number of nitrogens with one attached hydrogen (secondary N) is 1. The number of hydrogen-bond acceptors (Lipinski definition) is 3. The lowest BCUT2D eigenvalue weighted by Crippen LogP contribution is -2.30. The van der Waals surface area contributed by atoms with E-state index in [-0.39, 0.29) is 0 Å². The molecule has 3 heteroatoms. The maximum atomic E-state index is 5.70. The summed E-state index contributed by atoms with van der Waals surface area (Å²) in [6, 6.07) is 2.65. The predicted octanol–water partition coefficient (Wildman–Crippen LogP) is 2.70. The third-order valence-corrected chi connectivity index (χ3v) is 2.89. The van der Waals surface area contributed by atoms with Gasteiger partial charge in [0.25, 0.3) is 0 Å². The summed E-state index contributed by atoms with van der Waals surface area (Å²) < 4.78 is 5.70. The van der Waals surface area contributed by atoms with Gasteiger partial charge in [-0.05, 0) is 33.9 Å². The molecule has 0 amide bonds. The van der Waals surface area contributed by atoms with Crippen LogP contribution in [0, 0.1) is 6.92 Å². The minimum absolute atomic E-state index is 0.509. The molecule has 0 aromatic carbocycles. The van der Waals surface area contributed by atoms with E-state index in [1.807, 2.05) is 20.0 Å². The van der Waals surface area contributed by atoms with E-state index in [1.54, 1.807) is 0 Å². The summed E-state index contributed by atoms with van der Waals surface area (Å²) in [5.74, 6) is 2.02. The zero-order valence-electron chi connectivity index (χ0n) is 11.4. The van der Waals surface area contributed by atoms with E-state index in [9.17, 15) is 0 Å². The summed E-state index contributed by atoms with van der Waals surface area (Å²) >= 11 is 0. The summed E-state index contributed by atoms with van der Waals surface area (Å²) in [6.45, 7) is 12.8. The molecule has 17 heavy (non-hydrogen) atoms. The lowest BCUT2D eigenvalue weighted by Gasteiger charge is -2.24. The monoisotopic (exact) mass is 236 g/mol. The molecule has 0 saturated carbocycles. The van der Waals surface area contributed by atoms with Crippen LogP contribution in [-0.4, -0.2) is 24.5 Å². The molecule has 1 aromatic heterocycles. The number of aryl methyl sites for hydroxylation is 1. The second kappa shape index (κ2) is 6.62. The van der Waals surface area contributed by atoms with Crippen LogP contribution in [0.2, 0.25) is 0 Å². The zero-order chi connectivity index (χ0) is 12.8. The molecule has 0 bridgehead atoms. The van der Waals surface area contributed by atoms with E-state index in [2.05, 4.69) is 36.7 Å². The molecule has 0 radical (unpaired) electrons. The van der Waals surface area contributed by atoms with Gasteiger partial charge in [-0.25, -0.2) is 0 Å². The molecule has 0 saturated heterocycles. The molecule has 0 fully saturated rings. The highest BCUT2D eigenvalue weighted by Gasteiger charge is 2.13. The minimum Gasteiger partial charge on any atom is -0.465 e. The molecule has 0 unspecified atom stereocenters. The van der Waals surface area contributed by atoms with Crippen LogP contribution < -0.4 is 5.32 Å². The van der Waals surface area contributed by atoms with Gasteiger partial charge < -0.3 is 9.73 Å². The molecular formula is C14H24N2O.